The minimum atomic E-state index is -1.90. The maximum Gasteiger partial charge on any atom is 0.342 e. The Kier molecular flexibility index (Phi) is 17.0. The fourth-order valence-corrected chi connectivity index (χ4v) is 9.39. The Morgan fingerprint density at radius 1 is 0.481 bits per heavy atom. The molecule has 416 valence electrons. The molecule has 6 aromatic rings. The summed E-state index contributed by atoms with van der Waals surface area (Å²) in [5.41, 5.74) is 17.0. The lowest BCUT2D eigenvalue weighted by Gasteiger charge is -2.48. The number of aliphatic hydroxyl groups is 5. The molecule has 3 aliphatic rings. The molecule has 3 saturated heterocycles. The molecule has 6 unspecified atom stereocenters. The molecule has 3 aromatic carbocycles. The van der Waals surface area contributed by atoms with Crippen molar-refractivity contribution < 1.29 is 107 Å². The van der Waals surface area contributed by atoms with Crippen LogP contribution in [0.4, 0.5) is 17.1 Å². The molecule has 3 aliphatic heterocycles. The number of phenolic OH excluding ortho intramolecular Hbond substituents is 3. The predicted octanol–water partition coefficient (Wildman–Crippen LogP) is -2.43. The van der Waals surface area contributed by atoms with Gasteiger partial charge in [0.25, 0.3) is 19.0 Å². The van der Waals surface area contributed by atoms with Crippen LogP contribution in [0.15, 0.2) is 129 Å². The number of nitrogens with zero attached hydrogens (tertiary/aromatic N) is 6. The van der Waals surface area contributed by atoms with E-state index < -0.39 is 147 Å². The Hall–Kier alpha value is -8.29. The zero-order chi connectivity index (χ0) is 56.1. The largest absolute Gasteiger partial charge is 0.507 e. The minimum Gasteiger partial charge on any atom is -0.507 e. The number of hydrogen-bond donors (Lipinski definition) is 11. The summed E-state index contributed by atoms with van der Waals surface area (Å²) < 4.78 is 53.1. The molecule has 3 aromatic heterocycles. The summed E-state index contributed by atoms with van der Waals surface area (Å²) in [6, 6.07) is 11.3. The third-order valence-corrected chi connectivity index (χ3v) is 13.3. The van der Waals surface area contributed by atoms with Gasteiger partial charge in [0.2, 0.25) is 12.6 Å². The van der Waals surface area contributed by atoms with Crippen molar-refractivity contribution in [2.45, 2.75) is 91.9 Å². The first kappa shape index (κ1) is 55.5. The van der Waals surface area contributed by atoms with E-state index in [4.69, 9.17) is 55.1 Å². The van der Waals surface area contributed by atoms with Crippen molar-refractivity contribution in [3.63, 3.8) is 0 Å². The summed E-state index contributed by atoms with van der Waals surface area (Å²) in [6.07, 6.45) is -8.29. The fourth-order valence-electron chi connectivity index (χ4n) is 9.39. The Labute approximate surface area is 447 Å². The molecule has 15 atom stereocenters. The molecule has 79 heavy (non-hydrogen) atoms. The molecular weight excluding hydrogens is 1040 g/mol. The summed E-state index contributed by atoms with van der Waals surface area (Å²) in [5, 5.41) is 91.6. The van der Waals surface area contributed by atoms with Gasteiger partial charge in [0.1, 0.15) is 127 Å². The zero-order valence-electron chi connectivity index (χ0n) is 41.4. The van der Waals surface area contributed by atoms with E-state index in [2.05, 4.69) is 15.0 Å². The lowest BCUT2D eigenvalue weighted by molar-refractivity contribution is -0.763. The number of aromatic nitrogens is 6. The number of carbonyl (C=O) groups excluding carboxylic acids is 3. The first-order valence-corrected chi connectivity index (χ1v) is 24.3. The number of esters is 3. The summed E-state index contributed by atoms with van der Waals surface area (Å²) >= 11 is 0. The van der Waals surface area contributed by atoms with Gasteiger partial charge in [-0.2, -0.15) is 0 Å². The molecule has 0 saturated carbocycles. The maximum absolute atomic E-state index is 13.8. The molecule has 0 bridgehead atoms. The smallest absolute Gasteiger partial charge is 0.342 e. The molecule has 0 radical (unpaired) electrons. The number of phenols is 3. The predicted molar refractivity (Wildman–Crippen MR) is 261 cm³/mol. The average Bonchev–Trinajstić information content (AvgIpc) is 3.61. The number of anilines is 3. The SMILES string of the molecule is Nc1ccc(O)c(C(=O)OCC2O[C@@H](O[C@H]3C(COC(=O)c4cc(N)ccc4O)O[C@@H](O[C@H]4C(COC(=O)c5cc(N)ccc5O)O[C@@H](O)C([n+]5cccnc5)[C@@H]4O)C([n+]4cccnc4)[C@@H]3O)C([n+]3cccnc3)[C@H](O)[C@@H]2O)c1. The van der Waals surface area contributed by atoms with Crippen molar-refractivity contribution in [1.29, 1.82) is 0 Å². The monoisotopic (exact) mass is 1100 g/mol. The van der Waals surface area contributed by atoms with Crippen LogP contribution in [0, 0.1) is 0 Å². The second-order valence-electron chi connectivity index (χ2n) is 18.5. The highest BCUT2D eigenvalue weighted by Gasteiger charge is 2.58. The van der Waals surface area contributed by atoms with Crippen LogP contribution in [0.2, 0.25) is 0 Å². The highest BCUT2D eigenvalue weighted by atomic mass is 16.7. The molecule has 0 spiro atoms. The van der Waals surface area contributed by atoms with E-state index in [1.54, 1.807) is 0 Å². The fraction of sp³-hybridized carbons (Fsp3) is 0.353. The van der Waals surface area contributed by atoms with Gasteiger partial charge in [0.15, 0.2) is 24.4 Å². The first-order chi connectivity index (χ1) is 38.0. The van der Waals surface area contributed by atoms with Crippen LogP contribution in [-0.4, -0.2) is 167 Å². The number of aromatic hydroxyl groups is 3. The topological polar surface area (TPSA) is 415 Å². The molecule has 28 nitrogen and oxygen atoms in total. The highest BCUT2D eigenvalue weighted by Crippen LogP contribution is 2.38. The Morgan fingerprint density at radius 3 is 1.24 bits per heavy atom. The van der Waals surface area contributed by atoms with Crippen molar-refractivity contribution in [2.24, 2.45) is 0 Å². The standard InChI is InChI=1S/C51H53N9O19/c52-25-4-7-31(61)28(16-25)46(68)72-19-34-40(64)41(65)38(59-14-2-11-56-23-59)50(76-34)79-45-36(21-74-48(70)30-18-27(54)6-9-33(30)63)77-51(39(43(45)67)60-15-3-12-57-24-60)78-44-35(20-73-47(69)29-17-26(53)5-8-32(29)62)75-49(71)37(42(44)66)58-13-1-10-55-22-58/h1-18,22-24,34-45,49-51,64-67,71H,19-21,52-54H2/p+3/t34?,35?,36?,37?,38?,39?,40-,41+,42+,43+,44+,45+,49-,50+,51+/m1/s1. The molecule has 28 heteroatoms. The number of nitrogen functional groups attached to an aromatic ring is 3. The lowest BCUT2D eigenvalue weighted by atomic mass is 9.93. The number of rotatable bonds is 16. The summed E-state index contributed by atoms with van der Waals surface area (Å²) in [7, 11) is 0. The van der Waals surface area contributed by atoms with E-state index in [9.17, 15) is 55.2 Å². The van der Waals surface area contributed by atoms with Crippen LogP contribution in [0.25, 0.3) is 0 Å². The van der Waals surface area contributed by atoms with Crippen molar-refractivity contribution in [1.82, 2.24) is 15.0 Å². The van der Waals surface area contributed by atoms with E-state index in [1.165, 1.54) is 131 Å². The average molecular weight is 1100 g/mol. The van der Waals surface area contributed by atoms with Crippen molar-refractivity contribution in [3.05, 3.63) is 146 Å². The molecule has 9 rings (SSSR count). The normalized spacial score (nSPS) is 28.7. The van der Waals surface area contributed by atoms with Crippen molar-refractivity contribution in [3.8, 4) is 17.2 Å². The molecule has 6 heterocycles. The van der Waals surface area contributed by atoms with Gasteiger partial charge in [-0.25, -0.2) is 28.1 Å². The number of hydrogen-bond acceptors (Lipinski definition) is 25. The van der Waals surface area contributed by atoms with Crippen LogP contribution in [0.5, 0.6) is 17.2 Å². The third kappa shape index (κ3) is 12.2. The number of nitrogens with two attached hydrogens (primary N) is 3. The lowest BCUT2D eigenvalue weighted by Crippen LogP contribution is -2.70. The van der Waals surface area contributed by atoms with E-state index in [0.717, 1.165) is 12.1 Å². The van der Waals surface area contributed by atoms with Gasteiger partial charge in [-0.1, -0.05) is 15.0 Å². The summed E-state index contributed by atoms with van der Waals surface area (Å²) in [6.45, 7) is -2.32. The molecule has 0 amide bonds. The van der Waals surface area contributed by atoms with E-state index in [0.29, 0.717) is 0 Å². The first-order valence-electron chi connectivity index (χ1n) is 24.3. The zero-order valence-corrected chi connectivity index (χ0v) is 41.4. The Balaban J connectivity index is 1.08. The van der Waals surface area contributed by atoms with Crippen LogP contribution in [0.1, 0.15) is 49.2 Å². The van der Waals surface area contributed by atoms with Crippen LogP contribution >= 0.6 is 0 Å². The number of carbonyl (C=O) groups is 3. The Bertz CT molecular complexity index is 3090. The molecule has 14 N–H and O–H groups in total. The second kappa shape index (κ2) is 24.2. The quantitative estimate of drug-likeness (QED) is 0.0158. The number of ether oxygens (including phenoxy) is 8. The molecule has 0 aliphatic carbocycles. The number of benzene rings is 3. The van der Waals surface area contributed by atoms with Gasteiger partial charge in [-0.15, -0.1) is 0 Å². The van der Waals surface area contributed by atoms with Crippen LogP contribution in [-0.2, 0) is 37.9 Å². The molecular formula is C51H56N9O19+3. The van der Waals surface area contributed by atoms with Gasteiger partial charge in [-0.05, 0) is 54.6 Å². The van der Waals surface area contributed by atoms with Gasteiger partial charge < -0.3 is 95.9 Å². The van der Waals surface area contributed by atoms with Gasteiger partial charge in [0.05, 0.1) is 18.6 Å². The molecule has 3 fully saturated rings. The second-order valence-corrected chi connectivity index (χ2v) is 18.5. The van der Waals surface area contributed by atoms with E-state index in [-0.39, 0.29) is 33.8 Å². The van der Waals surface area contributed by atoms with Gasteiger partial charge in [0, 0.05) is 35.3 Å². The van der Waals surface area contributed by atoms with Gasteiger partial charge >= 0.3 is 17.9 Å². The summed E-state index contributed by atoms with van der Waals surface area (Å²) in [5.74, 6) is -4.71. The van der Waals surface area contributed by atoms with Crippen molar-refractivity contribution >= 4 is 35.0 Å². The number of aliphatic hydroxyl groups excluding tert-OH is 5. The third-order valence-electron chi connectivity index (χ3n) is 13.3. The van der Waals surface area contributed by atoms with Gasteiger partial charge in [-0.3, -0.25) is 0 Å². The maximum atomic E-state index is 13.8. The van der Waals surface area contributed by atoms with Crippen LogP contribution in [0.3, 0.4) is 0 Å². The summed E-state index contributed by atoms with van der Waals surface area (Å²) in [4.78, 5) is 52.8. The van der Waals surface area contributed by atoms with E-state index >= 15 is 0 Å². The highest BCUT2D eigenvalue weighted by molar-refractivity contribution is 5.94. The van der Waals surface area contributed by atoms with Crippen molar-refractivity contribution in [2.75, 3.05) is 37.0 Å². The Morgan fingerprint density at radius 2 is 0.835 bits per heavy atom. The van der Waals surface area contributed by atoms with E-state index in [1.807, 2.05) is 0 Å². The minimum absolute atomic E-state index is 0.0882. The van der Waals surface area contributed by atoms with Crippen LogP contribution < -0.4 is 30.9 Å².